The number of thiazole rings is 1. The summed E-state index contributed by atoms with van der Waals surface area (Å²) in [5.41, 5.74) is 0.310. The van der Waals surface area contributed by atoms with Crippen LogP contribution in [0, 0.1) is 10.9 Å². The predicted molar refractivity (Wildman–Crippen MR) is 106 cm³/mol. The largest absolute Gasteiger partial charge is 0.467 e. The van der Waals surface area contributed by atoms with E-state index in [1.54, 1.807) is 17.8 Å². The predicted octanol–water partition coefficient (Wildman–Crippen LogP) is 3.00. The summed E-state index contributed by atoms with van der Waals surface area (Å²) in [7, 11) is 0. The minimum atomic E-state index is -0.228. The summed E-state index contributed by atoms with van der Waals surface area (Å²) >= 11 is 6.65. The van der Waals surface area contributed by atoms with Crippen LogP contribution in [0.25, 0.3) is 10.3 Å². The van der Waals surface area contributed by atoms with E-state index in [1.807, 2.05) is 12.1 Å². The Morgan fingerprint density at radius 1 is 1.41 bits per heavy atom. The fraction of sp³-hybridized carbons (Fsp3) is 0.444. The standard InChI is InChI=1S/C18H20N4O3S2/c1-11-19-16-15(27-18(26)22(16)9-13-7-4-8-25-13)17(24)21(11)10-14(23)20-12-5-2-3-6-12/h4,7-8,12H,2-3,5-6,9-10H2,1H3,(H,20,23). The topological polar surface area (TPSA) is 82.1 Å². The zero-order valence-electron chi connectivity index (χ0n) is 14.9. The highest BCUT2D eigenvalue weighted by Gasteiger charge is 2.20. The summed E-state index contributed by atoms with van der Waals surface area (Å²) in [5.74, 6) is 1.09. The van der Waals surface area contributed by atoms with E-state index in [2.05, 4.69) is 10.3 Å². The van der Waals surface area contributed by atoms with Crippen LogP contribution in [0.5, 0.6) is 0 Å². The van der Waals surface area contributed by atoms with Gasteiger partial charge in [0.2, 0.25) is 5.91 Å². The Bertz CT molecular complexity index is 1090. The van der Waals surface area contributed by atoms with Crippen LogP contribution in [-0.4, -0.2) is 26.1 Å². The number of hydrogen-bond donors (Lipinski definition) is 1. The smallest absolute Gasteiger partial charge is 0.273 e. The van der Waals surface area contributed by atoms with Crippen molar-refractivity contribution in [1.82, 2.24) is 19.4 Å². The molecule has 3 aromatic rings. The van der Waals surface area contributed by atoms with Crippen LogP contribution in [0.1, 0.15) is 37.3 Å². The summed E-state index contributed by atoms with van der Waals surface area (Å²) in [5, 5.41) is 3.01. The number of rotatable bonds is 5. The first-order chi connectivity index (χ1) is 13.0. The van der Waals surface area contributed by atoms with Gasteiger partial charge in [-0.1, -0.05) is 24.2 Å². The Labute approximate surface area is 164 Å². The highest BCUT2D eigenvalue weighted by Crippen LogP contribution is 2.21. The molecule has 1 aliphatic rings. The number of furan rings is 1. The monoisotopic (exact) mass is 404 g/mol. The molecule has 0 unspecified atom stereocenters. The molecule has 7 nitrogen and oxygen atoms in total. The third-order valence-corrected chi connectivity index (χ3v) is 6.31. The molecule has 0 aliphatic heterocycles. The fourth-order valence-corrected chi connectivity index (χ4v) is 4.78. The molecule has 0 radical (unpaired) electrons. The molecule has 27 heavy (non-hydrogen) atoms. The van der Waals surface area contributed by atoms with Gasteiger partial charge in [0.15, 0.2) is 9.60 Å². The van der Waals surface area contributed by atoms with Crippen molar-refractivity contribution >= 4 is 39.8 Å². The third kappa shape index (κ3) is 3.61. The van der Waals surface area contributed by atoms with Gasteiger partial charge in [-0.3, -0.25) is 18.7 Å². The summed E-state index contributed by atoms with van der Waals surface area (Å²) in [6.45, 7) is 2.14. The van der Waals surface area contributed by atoms with E-state index in [-0.39, 0.29) is 24.1 Å². The van der Waals surface area contributed by atoms with E-state index in [9.17, 15) is 9.59 Å². The molecule has 1 fully saturated rings. The Hall–Kier alpha value is -2.26. The zero-order chi connectivity index (χ0) is 19.0. The van der Waals surface area contributed by atoms with Crippen molar-refractivity contribution in [3.63, 3.8) is 0 Å². The second-order valence-corrected chi connectivity index (χ2v) is 8.43. The maximum atomic E-state index is 13.0. The maximum absolute atomic E-state index is 13.0. The lowest BCUT2D eigenvalue weighted by molar-refractivity contribution is -0.122. The molecule has 0 bridgehead atoms. The molecule has 0 aromatic carbocycles. The van der Waals surface area contributed by atoms with Gasteiger partial charge in [-0.25, -0.2) is 4.98 Å². The van der Waals surface area contributed by atoms with Crippen LogP contribution in [0.3, 0.4) is 0 Å². The molecular formula is C18H20N4O3S2. The number of carbonyl (C=O) groups is 1. The van der Waals surface area contributed by atoms with Gasteiger partial charge >= 0.3 is 0 Å². The van der Waals surface area contributed by atoms with Gasteiger partial charge in [-0.15, -0.1) is 0 Å². The molecule has 1 N–H and O–H groups in total. The van der Waals surface area contributed by atoms with Crippen LogP contribution in [0.15, 0.2) is 27.6 Å². The van der Waals surface area contributed by atoms with E-state index >= 15 is 0 Å². The first kappa shape index (κ1) is 18.1. The lowest BCUT2D eigenvalue weighted by atomic mass is 10.2. The van der Waals surface area contributed by atoms with Gasteiger partial charge in [0.25, 0.3) is 5.56 Å². The van der Waals surface area contributed by atoms with Crippen LogP contribution < -0.4 is 10.9 Å². The number of carbonyl (C=O) groups excluding carboxylic acids is 1. The molecule has 1 aliphatic carbocycles. The lowest BCUT2D eigenvalue weighted by Gasteiger charge is -2.14. The molecule has 4 rings (SSSR count). The number of aryl methyl sites for hydroxylation is 1. The van der Waals surface area contributed by atoms with Crippen molar-refractivity contribution in [2.45, 2.75) is 51.7 Å². The lowest BCUT2D eigenvalue weighted by Crippen LogP contribution is -2.38. The van der Waals surface area contributed by atoms with Gasteiger partial charge in [0.05, 0.1) is 12.8 Å². The number of fused-ring (bicyclic) bond motifs is 1. The number of aromatic nitrogens is 3. The Morgan fingerprint density at radius 3 is 2.89 bits per heavy atom. The van der Waals surface area contributed by atoms with Gasteiger partial charge in [-0.2, -0.15) is 0 Å². The number of amides is 1. The van der Waals surface area contributed by atoms with E-state index < -0.39 is 0 Å². The van der Waals surface area contributed by atoms with Crippen molar-refractivity contribution in [3.05, 3.63) is 44.3 Å². The molecule has 9 heteroatoms. The number of hydrogen-bond acceptors (Lipinski definition) is 6. The third-order valence-electron chi connectivity index (χ3n) is 4.88. The van der Waals surface area contributed by atoms with Gasteiger partial charge in [0, 0.05) is 6.04 Å². The van der Waals surface area contributed by atoms with E-state index in [0.29, 0.717) is 26.7 Å². The minimum Gasteiger partial charge on any atom is -0.467 e. The van der Waals surface area contributed by atoms with Crippen molar-refractivity contribution in [2.24, 2.45) is 0 Å². The molecular weight excluding hydrogens is 384 g/mol. The van der Waals surface area contributed by atoms with E-state index in [4.69, 9.17) is 16.6 Å². The number of nitrogens with one attached hydrogen (secondary N) is 1. The van der Waals surface area contributed by atoms with Crippen molar-refractivity contribution in [2.75, 3.05) is 0 Å². The molecule has 3 heterocycles. The Kier molecular flexibility index (Phi) is 4.96. The zero-order valence-corrected chi connectivity index (χ0v) is 16.6. The maximum Gasteiger partial charge on any atom is 0.273 e. The first-order valence-electron chi connectivity index (χ1n) is 8.95. The molecule has 142 valence electrons. The Morgan fingerprint density at radius 2 is 2.19 bits per heavy atom. The minimum absolute atomic E-state index is 0.0209. The molecule has 0 spiro atoms. The van der Waals surface area contributed by atoms with Crippen LogP contribution in [-0.2, 0) is 17.9 Å². The second kappa shape index (κ2) is 7.40. The van der Waals surface area contributed by atoms with Crippen molar-refractivity contribution in [1.29, 1.82) is 0 Å². The van der Waals surface area contributed by atoms with E-state index in [1.165, 1.54) is 15.9 Å². The fourth-order valence-electron chi connectivity index (χ4n) is 3.50. The van der Waals surface area contributed by atoms with E-state index in [0.717, 1.165) is 31.4 Å². The van der Waals surface area contributed by atoms with Crippen LogP contribution in [0.2, 0.25) is 0 Å². The van der Waals surface area contributed by atoms with Crippen LogP contribution >= 0.6 is 23.6 Å². The second-order valence-electron chi connectivity index (χ2n) is 6.79. The first-order valence-corrected chi connectivity index (χ1v) is 10.2. The molecule has 1 amide bonds. The molecule has 3 aromatic heterocycles. The molecule has 0 atom stereocenters. The number of nitrogens with zero attached hydrogens (tertiary/aromatic N) is 3. The van der Waals surface area contributed by atoms with Gasteiger partial charge < -0.3 is 9.73 Å². The average molecular weight is 405 g/mol. The van der Waals surface area contributed by atoms with Crippen molar-refractivity contribution in [3.8, 4) is 0 Å². The SMILES string of the molecule is Cc1nc2c(sc(=S)n2Cc2ccco2)c(=O)n1CC(=O)NC1CCCC1. The average Bonchev–Trinajstić information content (AvgIpc) is 3.37. The highest BCUT2D eigenvalue weighted by molar-refractivity contribution is 7.73. The van der Waals surface area contributed by atoms with Gasteiger partial charge in [-0.05, 0) is 44.1 Å². The Balaban J connectivity index is 1.66. The normalized spacial score (nSPS) is 14.9. The quantitative estimate of drug-likeness (QED) is 0.661. The molecule has 1 saturated carbocycles. The summed E-state index contributed by atoms with van der Waals surface area (Å²) in [6.07, 6.45) is 5.90. The van der Waals surface area contributed by atoms with Crippen LogP contribution in [0.4, 0.5) is 0 Å². The van der Waals surface area contributed by atoms with Crippen molar-refractivity contribution < 1.29 is 9.21 Å². The molecule has 0 saturated heterocycles. The highest BCUT2D eigenvalue weighted by atomic mass is 32.1. The van der Waals surface area contributed by atoms with Gasteiger partial charge in [0.1, 0.15) is 22.8 Å². The summed E-state index contributed by atoms with van der Waals surface area (Å²) in [4.78, 5) is 29.9. The summed E-state index contributed by atoms with van der Waals surface area (Å²) < 4.78 is 9.63. The summed E-state index contributed by atoms with van der Waals surface area (Å²) in [6, 6.07) is 3.89.